The van der Waals surface area contributed by atoms with Crippen molar-refractivity contribution in [1.82, 2.24) is 10.2 Å². The van der Waals surface area contributed by atoms with E-state index >= 15 is 0 Å². The van der Waals surface area contributed by atoms with Crippen molar-refractivity contribution >= 4 is 5.97 Å². The van der Waals surface area contributed by atoms with Gasteiger partial charge in [-0.05, 0) is 18.2 Å². The number of aromatic carboxylic acids is 1. The van der Waals surface area contributed by atoms with Crippen LogP contribution in [0.1, 0.15) is 16.9 Å². The minimum absolute atomic E-state index is 0.0625. The molecular formula is C13H11FN2O4. The molecule has 0 amide bonds. The van der Waals surface area contributed by atoms with Crippen molar-refractivity contribution in [1.29, 1.82) is 0 Å². The predicted molar refractivity (Wildman–Crippen MR) is 66.5 cm³/mol. The zero-order valence-electron chi connectivity index (χ0n) is 10.4. The van der Waals surface area contributed by atoms with Crippen LogP contribution in [-0.4, -0.2) is 34.5 Å². The lowest BCUT2D eigenvalue weighted by atomic mass is 10.1. The van der Waals surface area contributed by atoms with Gasteiger partial charge in [-0.2, -0.15) is 5.10 Å². The number of nitrogens with zero attached hydrogens (tertiary/aromatic N) is 1. The molecule has 3 rings (SSSR count). The maximum Gasteiger partial charge on any atom is 0.353 e. The third-order valence-corrected chi connectivity index (χ3v) is 2.91. The number of hydrogen-bond acceptors (Lipinski definition) is 4. The number of H-pyrrole nitrogens is 1. The van der Waals surface area contributed by atoms with E-state index in [9.17, 15) is 9.18 Å². The molecule has 2 N–H and O–H groups in total. The summed E-state index contributed by atoms with van der Waals surface area (Å²) in [5, 5.41) is 15.1. The number of ether oxygens (including phenoxy) is 2. The Hall–Kier alpha value is -2.57. The molecule has 20 heavy (non-hydrogen) atoms. The molecule has 0 spiro atoms. The van der Waals surface area contributed by atoms with Crippen molar-refractivity contribution < 1.29 is 23.8 Å². The number of hydrogen-bond donors (Lipinski definition) is 2. The van der Waals surface area contributed by atoms with E-state index in [1.807, 2.05) is 0 Å². The van der Waals surface area contributed by atoms with E-state index in [0.717, 1.165) is 0 Å². The van der Waals surface area contributed by atoms with Crippen LogP contribution in [0.25, 0.3) is 11.3 Å². The average Bonchev–Trinajstić information content (AvgIpc) is 2.79. The molecule has 0 saturated heterocycles. The number of aromatic nitrogens is 2. The summed E-state index contributed by atoms with van der Waals surface area (Å²) in [6.07, 6.45) is 0.676. The standard InChI is InChI=1S/C13H11FN2O4/c14-8-4-7(9-6-10(13(17)18)16-15-9)5-11-12(8)20-3-1-2-19-11/h4-6H,1-3H2,(H,15,16)(H,17,18). The maximum atomic E-state index is 14.0. The number of nitrogens with one attached hydrogen (secondary N) is 1. The Bertz CT molecular complexity index is 668. The number of halogens is 1. The van der Waals surface area contributed by atoms with E-state index in [0.29, 0.717) is 36.6 Å². The fraction of sp³-hybridized carbons (Fsp3) is 0.231. The zero-order valence-corrected chi connectivity index (χ0v) is 10.4. The van der Waals surface area contributed by atoms with Crippen LogP contribution in [0.15, 0.2) is 18.2 Å². The fourth-order valence-corrected chi connectivity index (χ4v) is 1.96. The third kappa shape index (κ3) is 2.18. The lowest BCUT2D eigenvalue weighted by Crippen LogP contribution is -1.98. The van der Waals surface area contributed by atoms with Gasteiger partial charge < -0.3 is 14.6 Å². The van der Waals surface area contributed by atoms with Gasteiger partial charge in [-0.3, -0.25) is 5.10 Å². The van der Waals surface area contributed by atoms with Gasteiger partial charge in [0.05, 0.1) is 18.9 Å². The van der Waals surface area contributed by atoms with Crippen LogP contribution in [0.5, 0.6) is 11.5 Å². The number of carbonyl (C=O) groups is 1. The minimum Gasteiger partial charge on any atom is -0.489 e. The Balaban J connectivity index is 2.03. The lowest BCUT2D eigenvalue weighted by Gasteiger charge is -2.09. The highest BCUT2D eigenvalue weighted by Gasteiger charge is 2.19. The first kappa shape index (κ1) is 12.5. The summed E-state index contributed by atoms with van der Waals surface area (Å²) in [6, 6.07) is 4.17. The van der Waals surface area contributed by atoms with Crippen LogP contribution >= 0.6 is 0 Å². The summed E-state index contributed by atoms with van der Waals surface area (Å²) >= 11 is 0. The molecule has 1 aliphatic rings. The Kier molecular flexibility index (Phi) is 3.02. The number of carboxylic acid groups (broad SMARTS) is 1. The second kappa shape index (κ2) is 4.84. The average molecular weight is 278 g/mol. The van der Waals surface area contributed by atoms with Gasteiger partial charge in [-0.25, -0.2) is 9.18 Å². The summed E-state index contributed by atoms with van der Waals surface area (Å²) in [6.45, 7) is 0.839. The quantitative estimate of drug-likeness (QED) is 0.878. The Morgan fingerprint density at radius 1 is 1.30 bits per heavy atom. The number of benzene rings is 1. The molecule has 2 heterocycles. The molecule has 0 bridgehead atoms. The maximum absolute atomic E-state index is 14.0. The number of carboxylic acids is 1. The molecule has 0 radical (unpaired) electrons. The molecule has 7 heteroatoms. The Labute approximate surface area is 113 Å². The molecule has 0 unspecified atom stereocenters. The summed E-state index contributed by atoms with van der Waals surface area (Å²) in [5.41, 5.74) is 0.694. The van der Waals surface area contributed by atoms with E-state index in [2.05, 4.69) is 10.2 Å². The molecule has 0 fully saturated rings. The van der Waals surface area contributed by atoms with Gasteiger partial charge in [-0.15, -0.1) is 0 Å². The Morgan fingerprint density at radius 2 is 2.10 bits per heavy atom. The van der Waals surface area contributed by atoms with Gasteiger partial charge in [0.1, 0.15) is 5.69 Å². The van der Waals surface area contributed by atoms with E-state index in [-0.39, 0.29) is 11.4 Å². The van der Waals surface area contributed by atoms with E-state index in [1.54, 1.807) is 6.07 Å². The monoisotopic (exact) mass is 278 g/mol. The molecule has 2 aromatic rings. The first-order chi connectivity index (χ1) is 9.65. The highest BCUT2D eigenvalue weighted by atomic mass is 19.1. The van der Waals surface area contributed by atoms with Crippen molar-refractivity contribution in [2.75, 3.05) is 13.2 Å². The van der Waals surface area contributed by atoms with Crippen molar-refractivity contribution in [2.45, 2.75) is 6.42 Å². The summed E-state index contributed by atoms with van der Waals surface area (Å²) < 4.78 is 24.7. The largest absolute Gasteiger partial charge is 0.489 e. The van der Waals surface area contributed by atoms with Crippen molar-refractivity contribution in [3.8, 4) is 22.8 Å². The molecule has 0 aliphatic carbocycles. The summed E-state index contributed by atoms with van der Waals surface area (Å²) in [7, 11) is 0. The third-order valence-electron chi connectivity index (χ3n) is 2.91. The normalized spacial score (nSPS) is 13.8. The van der Waals surface area contributed by atoms with Crippen LogP contribution in [0.2, 0.25) is 0 Å². The molecular weight excluding hydrogens is 267 g/mol. The van der Waals surface area contributed by atoms with Crippen LogP contribution < -0.4 is 9.47 Å². The highest BCUT2D eigenvalue weighted by molar-refractivity contribution is 5.86. The molecule has 1 aliphatic heterocycles. The van der Waals surface area contributed by atoms with Crippen molar-refractivity contribution in [3.05, 3.63) is 29.7 Å². The molecule has 6 nitrogen and oxygen atoms in total. The van der Waals surface area contributed by atoms with Gasteiger partial charge >= 0.3 is 5.97 Å². The first-order valence-corrected chi connectivity index (χ1v) is 6.03. The summed E-state index contributed by atoms with van der Waals surface area (Å²) in [4.78, 5) is 10.8. The topological polar surface area (TPSA) is 84.4 Å². The van der Waals surface area contributed by atoms with Gasteiger partial charge in [0, 0.05) is 12.0 Å². The smallest absolute Gasteiger partial charge is 0.353 e. The molecule has 0 saturated carbocycles. The number of fused-ring (bicyclic) bond motifs is 1. The van der Waals surface area contributed by atoms with Crippen LogP contribution in [-0.2, 0) is 0 Å². The van der Waals surface area contributed by atoms with Crippen LogP contribution in [0.3, 0.4) is 0 Å². The van der Waals surface area contributed by atoms with Crippen molar-refractivity contribution in [3.63, 3.8) is 0 Å². The minimum atomic E-state index is -1.13. The Morgan fingerprint density at radius 3 is 2.85 bits per heavy atom. The van der Waals surface area contributed by atoms with Crippen LogP contribution in [0, 0.1) is 5.82 Å². The van der Waals surface area contributed by atoms with Gasteiger partial charge in [-0.1, -0.05) is 0 Å². The van der Waals surface area contributed by atoms with Gasteiger partial charge in [0.15, 0.2) is 17.3 Å². The molecule has 0 atom stereocenters. The van der Waals surface area contributed by atoms with E-state index in [1.165, 1.54) is 12.1 Å². The molecule has 1 aromatic heterocycles. The SMILES string of the molecule is O=C(O)c1cc(-c2cc(F)c3c(c2)OCCCO3)n[nH]1. The van der Waals surface area contributed by atoms with Crippen molar-refractivity contribution in [2.24, 2.45) is 0 Å². The molecule has 104 valence electrons. The highest BCUT2D eigenvalue weighted by Crippen LogP contribution is 2.36. The zero-order chi connectivity index (χ0) is 14.1. The summed E-state index contributed by atoms with van der Waals surface area (Å²) in [5.74, 6) is -1.30. The van der Waals surface area contributed by atoms with Gasteiger partial charge in [0.2, 0.25) is 0 Å². The lowest BCUT2D eigenvalue weighted by molar-refractivity contribution is 0.0690. The molecule has 1 aromatic carbocycles. The van der Waals surface area contributed by atoms with Crippen LogP contribution in [0.4, 0.5) is 4.39 Å². The first-order valence-electron chi connectivity index (χ1n) is 6.03. The second-order valence-electron chi connectivity index (χ2n) is 4.31. The number of aromatic amines is 1. The van der Waals surface area contributed by atoms with Gasteiger partial charge in [0.25, 0.3) is 0 Å². The second-order valence-corrected chi connectivity index (χ2v) is 4.31. The van der Waals surface area contributed by atoms with E-state index < -0.39 is 11.8 Å². The van der Waals surface area contributed by atoms with E-state index in [4.69, 9.17) is 14.6 Å². The fourth-order valence-electron chi connectivity index (χ4n) is 1.96. The number of rotatable bonds is 2. The predicted octanol–water partition coefficient (Wildman–Crippen LogP) is 2.08.